The first-order valence-electron chi connectivity index (χ1n) is 22.0. The first-order valence-corrected chi connectivity index (χ1v) is 22.0. The molecule has 70 heavy (non-hydrogen) atoms. The molecular formula is C52H44F2N10O6. The number of nitrogens with one attached hydrogen (secondary N) is 2. The molecule has 0 atom stereocenters. The number of ether oxygens (including phenoxy) is 3. The van der Waals surface area contributed by atoms with Crippen molar-refractivity contribution in [2.24, 2.45) is 0 Å². The average molecular weight is 943 g/mol. The van der Waals surface area contributed by atoms with E-state index in [1.165, 1.54) is 42.7 Å². The maximum absolute atomic E-state index is 13.3. The number of nitrogen functional groups attached to an aromatic ring is 1. The minimum atomic E-state index is -0.545. The number of carbonyl (C=O) groups is 3. The number of fused-ring (bicyclic) bond motifs is 2. The van der Waals surface area contributed by atoms with Crippen molar-refractivity contribution < 1.29 is 37.4 Å². The molecule has 352 valence electrons. The zero-order valence-electron chi connectivity index (χ0n) is 37.4. The summed E-state index contributed by atoms with van der Waals surface area (Å²) in [6.07, 6.45) is 4.95. The van der Waals surface area contributed by atoms with Gasteiger partial charge in [0.1, 0.15) is 29.0 Å². The number of nitriles is 1. The van der Waals surface area contributed by atoms with E-state index in [-0.39, 0.29) is 17.3 Å². The second-order valence-corrected chi connectivity index (χ2v) is 15.7. The summed E-state index contributed by atoms with van der Waals surface area (Å²) in [6.45, 7) is 5.73. The first kappa shape index (κ1) is 47.6. The molecule has 6 aromatic carbocycles. The van der Waals surface area contributed by atoms with Crippen molar-refractivity contribution in [3.63, 3.8) is 0 Å². The van der Waals surface area contributed by atoms with Crippen LogP contribution in [0.15, 0.2) is 146 Å². The lowest BCUT2D eigenvalue weighted by molar-refractivity contribution is 0.103. The van der Waals surface area contributed by atoms with E-state index in [4.69, 9.17) is 25.5 Å². The number of nitrogens with zero attached hydrogens (tertiary/aromatic N) is 7. The fraction of sp³-hybridized carbons (Fsp3) is 0.154. The standard InChI is InChI=1S/C26H22FN5O3.C19H18N4O2.C7H4FNO/c27-19-4-2-6-21(15-19)30-26(34)29-20-5-1-3-17(13-20)25(33)18-7-8-22-23(14-18)31-24(16-28-22)32-9-11-35-12-10-32;20-15-3-1-2-13(10-15)19(24)14-4-5-16-17(11-14)22-18(12-21-16)23-6-8-25-9-7-23;8-6-2-1-3-7(4-6)10-5-9/h1-8,13-16H,9-12H2,(H2,29,30,34);1-5,10-12H,6-9,20H2;1-4H. The number of morpholine rings is 2. The molecule has 2 aliphatic heterocycles. The van der Waals surface area contributed by atoms with Gasteiger partial charge in [-0.3, -0.25) is 19.6 Å². The highest BCUT2D eigenvalue weighted by molar-refractivity contribution is 6.12. The highest BCUT2D eigenvalue weighted by atomic mass is 19.1. The molecule has 0 saturated carbocycles. The van der Waals surface area contributed by atoms with Gasteiger partial charge < -0.3 is 40.4 Å². The molecule has 0 spiro atoms. The summed E-state index contributed by atoms with van der Waals surface area (Å²) >= 11 is 0. The van der Waals surface area contributed by atoms with Crippen molar-refractivity contribution in [3.05, 3.63) is 180 Å². The van der Waals surface area contributed by atoms with E-state index in [2.05, 4.69) is 40.1 Å². The Balaban J connectivity index is 0.000000163. The van der Waals surface area contributed by atoms with Crippen LogP contribution in [0.4, 0.5) is 42.3 Å². The van der Waals surface area contributed by atoms with E-state index in [9.17, 15) is 23.2 Å². The van der Waals surface area contributed by atoms with E-state index in [0.717, 1.165) is 49.4 Å². The number of anilines is 5. The van der Waals surface area contributed by atoms with Crippen LogP contribution in [0.1, 0.15) is 31.8 Å². The number of amides is 2. The van der Waals surface area contributed by atoms with Gasteiger partial charge in [0.15, 0.2) is 11.6 Å². The molecule has 2 aliphatic rings. The predicted molar refractivity (Wildman–Crippen MR) is 261 cm³/mol. The van der Waals surface area contributed by atoms with Gasteiger partial charge in [-0.1, -0.05) is 36.4 Å². The van der Waals surface area contributed by atoms with Crippen molar-refractivity contribution in [1.29, 1.82) is 5.26 Å². The zero-order valence-corrected chi connectivity index (χ0v) is 37.4. The van der Waals surface area contributed by atoms with Gasteiger partial charge in [0.2, 0.25) is 0 Å². The van der Waals surface area contributed by atoms with Gasteiger partial charge >= 0.3 is 6.03 Å². The Morgan fingerprint density at radius 2 is 1.04 bits per heavy atom. The second kappa shape index (κ2) is 22.7. The third-order valence-electron chi connectivity index (χ3n) is 10.8. The smallest absolute Gasteiger partial charge is 0.323 e. The zero-order chi connectivity index (χ0) is 48.8. The van der Waals surface area contributed by atoms with Crippen molar-refractivity contribution in [2.75, 3.05) is 78.8 Å². The molecule has 8 aromatic rings. The van der Waals surface area contributed by atoms with Crippen molar-refractivity contribution in [3.8, 4) is 12.0 Å². The van der Waals surface area contributed by atoms with Crippen LogP contribution in [0.5, 0.6) is 5.75 Å². The topological polar surface area (TPSA) is 211 Å². The summed E-state index contributed by atoms with van der Waals surface area (Å²) in [5.41, 5.74) is 11.9. The van der Waals surface area contributed by atoms with Gasteiger partial charge in [-0.05, 0) is 91.0 Å². The second-order valence-electron chi connectivity index (χ2n) is 15.7. The van der Waals surface area contributed by atoms with E-state index < -0.39 is 17.7 Å². The number of hydrogen-bond donors (Lipinski definition) is 3. The third-order valence-corrected chi connectivity index (χ3v) is 10.8. The molecule has 0 bridgehead atoms. The van der Waals surface area contributed by atoms with Crippen LogP contribution in [-0.2, 0) is 9.47 Å². The maximum Gasteiger partial charge on any atom is 0.323 e. The average Bonchev–Trinajstić information content (AvgIpc) is 3.38. The Kier molecular flexibility index (Phi) is 15.4. The van der Waals surface area contributed by atoms with Crippen molar-refractivity contribution in [2.45, 2.75) is 0 Å². The summed E-state index contributed by atoms with van der Waals surface area (Å²) in [6, 6.07) is 34.7. The molecule has 2 aromatic heterocycles. The van der Waals surface area contributed by atoms with Crippen LogP contribution >= 0.6 is 0 Å². The van der Waals surface area contributed by atoms with E-state index in [0.29, 0.717) is 82.3 Å². The van der Waals surface area contributed by atoms with Crippen LogP contribution in [0.25, 0.3) is 22.1 Å². The van der Waals surface area contributed by atoms with Gasteiger partial charge in [-0.2, -0.15) is 0 Å². The lowest BCUT2D eigenvalue weighted by atomic mass is 10.0. The number of urea groups is 1. The van der Waals surface area contributed by atoms with Crippen LogP contribution < -0.4 is 30.9 Å². The Hall–Kier alpha value is -8.92. The van der Waals surface area contributed by atoms with E-state index in [1.54, 1.807) is 97.3 Å². The van der Waals surface area contributed by atoms with E-state index in [1.807, 2.05) is 6.07 Å². The van der Waals surface area contributed by atoms with Gasteiger partial charge in [0.05, 0.1) is 60.9 Å². The minimum Gasteiger partial charge on any atom is -0.399 e. The molecule has 4 N–H and O–H groups in total. The molecule has 0 unspecified atom stereocenters. The quantitative estimate of drug-likeness (QED) is 0.0705. The van der Waals surface area contributed by atoms with Crippen LogP contribution in [0.3, 0.4) is 0 Å². The Morgan fingerprint density at radius 1 is 0.571 bits per heavy atom. The van der Waals surface area contributed by atoms with Crippen LogP contribution in [0.2, 0.25) is 0 Å². The number of benzene rings is 6. The number of ketones is 2. The highest BCUT2D eigenvalue weighted by Crippen LogP contribution is 2.23. The summed E-state index contributed by atoms with van der Waals surface area (Å²) in [7, 11) is 0. The number of halogens is 2. The molecular weight excluding hydrogens is 899 g/mol. The molecule has 2 amide bonds. The number of nitrogens with two attached hydrogens (primary N) is 1. The van der Waals surface area contributed by atoms with Gasteiger partial charge in [-0.15, -0.1) is 5.26 Å². The van der Waals surface area contributed by atoms with Crippen molar-refractivity contribution >= 4 is 68.4 Å². The lowest BCUT2D eigenvalue weighted by Crippen LogP contribution is -2.36. The molecule has 16 nitrogen and oxygen atoms in total. The van der Waals surface area contributed by atoms with Crippen molar-refractivity contribution in [1.82, 2.24) is 19.9 Å². The summed E-state index contributed by atoms with van der Waals surface area (Å²) in [4.78, 5) is 60.8. The molecule has 10 rings (SSSR count). The largest absolute Gasteiger partial charge is 0.399 e. The van der Waals surface area contributed by atoms with Crippen LogP contribution in [-0.4, -0.2) is 90.1 Å². The third kappa shape index (κ3) is 12.5. The summed E-state index contributed by atoms with van der Waals surface area (Å²) < 4.78 is 40.8. The number of aromatic nitrogens is 4. The Labute approximate surface area is 400 Å². The van der Waals surface area contributed by atoms with Gasteiger partial charge in [0, 0.05) is 71.6 Å². The summed E-state index contributed by atoms with van der Waals surface area (Å²) in [5.74, 6) is 0.639. The molecule has 2 fully saturated rings. The van der Waals surface area contributed by atoms with Gasteiger partial charge in [-0.25, -0.2) is 23.5 Å². The number of carbonyl (C=O) groups excluding carboxylic acids is 3. The van der Waals surface area contributed by atoms with Gasteiger partial charge in [0.25, 0.3) is 6.26 Å². The molecule has 0 radical (unpaired) electrons. The van der Waals surface area contributed by atoms with Crippen LogP contribution in [0, 0.1) is 23.2 Å². The summed E-state index contributed by atoms with van der Waals surface area (Å²) in [5, 5.41) is 13.2. The Morgan fingerprint density at radius 3 is 1.56 bits per heavy atom. The van der Waals surface area contributed by atoms with E-state index >= 15 is 0 Å². The number of hydrogen-bond acceptors (Lipinski definition) is 14. The molecule has 4 heterocycles. The first-order chi connectivity index (χ1) is 34.1. The minimum absolute atomic E-state index is 0.0761. The Bertz CT molecular complexity index is 3210. The molecule has 18 heteroatoms. The molecule has 0 aliphatic carbocycles. The SMILES string of the molecule is N#COc1cccc(F)c1.Nc1cccc(C(=O)c2ccc3ncc(N4CCOCC4)nc3c2)c1.O=C(Nc1cccc(F)c1)Nc1cccc(C(=O)c2ccc3ncc(N4CCOCC4)nc3c2)c1. The predicted octanol–water partition coefficient (Wildman–Crippen LogP) is 8.45. The number of rotatable bonds is 9. The highest BCUT2D eigenvalue weighted by Gasteiger charge is 2.18. The maximum atomic E-state index is 13.3. The molecule has 2 saturated heterocycles. The lowest BCUT2D eigenvalue weighted by Gasteiger charge is -2.27. The fourth-order valence-corrected chi connectivity index (χ4v) is 7.37. The monoisotopic (exact) mass is 942 g/mol. The normalized spacial score (nSPS) is 13.2. The fourth-order valence-electron chi connectivity index (χ4n) is 7.37.